The van der Waals surface area contributed by atoms with E-state index in [1.807, 2.05) is 15.9 Å². The Labute approximate surface area is 142 Å². The van der Waals surface area contributed by atoms with Crippen LogP contribution in [0.3, 0.4) is 0 Å². The van der Waals surface area contributed by atoms with Crippen LogP contribution in [0.25, 0.3) is 0 Å². The Kier molecular flexibility index (Phi) is 4.21. The summed E-state index contributed by atoms with van der Waals surface area (Å²) in [5.74, 6) is 1.25. The van der Waals surface area contributed by atoms with Crippen molar-refractivity contribution in [1.29, 1.82) is 0 Å². The van der Waals surface area contributed by atoms with Gasteiger partial charge in [0.05, 0.1) is 12.3 Å². The maximum Gasteiger partial charge on any atom is 0.317 e. The predicted molar refractivity (Wildman–Crippen MR) is 88.5 cm³/mol. The van der Waals surface area contributed by atoms with E-state index in [2.05, 4.69) is 5.32 Å². The molecule has 1 aromatic heterocycles. The second kappa shape index (κ2) is 6.49. The first kappa shape index (κ1) is 15.5. The van der Waals surface area contributed by atoms with Crippen LogP contribution < -0.4 is 5.32 Å². The normalized spacial score (nSPS) is 27.2. The van der Waals surface area contributed by atoms with Crippen LogP contribution in [-0.4, -0.2) is 47.4 Å². The fourth-order valence-electron chi connectivity index (χ4n) is 4.33. The fraction of sp³-hybridized carbons (Fsp3) is 0.667. The zero-order valence-corrected chi connectivity index (χ0v) is 14.0. The lowest BCUT2D eigenvalue weighted by Gasteiger charge is -2.38. The zero-order chi connectivity index (χ0) is 16.5. The molecular weight excluding hydrogens is 306 g/mol. The number of hydrogen-bond donors (Lipinski definition) is 1. The third-order valence-electron chi connectivity index (χ3n) is 5.58. The summed E-state index contributed by atoms with van der Waals surface area (Å²) < 4.78 is 5.50. The number of likely N-dealkylation sites (tertiary alicyclic amines) is 2. The van der Waals surface area contributed by atoms with Crippen molar-refractivity contribution in [3.63, 3.8) is 0 Å². The lowest BCUT2D eigenvalue weighted by molar-refractivity contribution is -0.130. The Bertz CT molecular complexity index is 627. The standard InChI is InChI=1S/C18H25N3O3/c22-17-7-3-10-21(17)13-4-2-9-20(12-13)18(23)19-15-5-1-6-16-14(15)8-11-24-16/h8,11,13,15H,1-7,9-10,12H2,(H,19,23)/t13-,15+/m1/s1. The Morgan fingerprint density at radius 3 is 2.92 bits per heavy atom. The quantitative estimate of drug-likeness (QED) is 0.905. The molecule has 0 aromatic carbocycles. The van der Waals surface area contributed by atoms with Crippen molar-refractivity contribution in [2.24, 2.45) is 0 Å². The highest BCUT2D eigenvalue weighted by Gasteiger charge is 2.33. The van der Waals surface area contributed by atoms with Crippen molar-refractivity contribution >= 4 is 11.9 Å². The molecule has 2 fully saturated rings. The topological polar surface area (TPSA) is 65.8 Å². The molecule has 0 bridgehead atoms. The van der Waals surface area contributed by atoms with Gasteiger partial charge in [-0.1, -0.05) is 0 Å². The van der Waals surface area contributed by atoms with E-state index >= 15 is 0 Å². The molecule has 6 nitrogen and oxygen atoms in total. The molecule has 3 heterocycles. The average Bonchev–Trinajstić information content (AvgIpc) is 3.24. The number of aryl methyl sites for hydroxylation is 1. The van der Waals surface area contributed by atoms with Gasteiger partial charge < -0.3 is 19.5 Å². The molecule has 0 saturated carbocycles. The molecule has 2 atom stereocenters. The molecular formula is C18H25N3O3. The number of carbonyl (C=O) groups excluding carboxylic acids is 2. The minimum Gasteiger partial charge on any atom is -0.469 e. The van der Waals surface area contributed by atoms with Gasteiger partial charge in [0.2, 0.25) is 5.91 Å². The van der Waals surface area contributed by atoms with Crippen LogP contribution in [0.5, 0.6) is 0 Å². The van der Waals surface area contributed by atoms with E-state index in [-0.39, 0.29) is 24.0 Å². The molecule has 1 aliphatic carbocycles. The predicted octanol–water partition coefficient (Wildman–Crippen LogP) is 2.45. The van der Waals surface area contributed by atoms with Crippen LogP contribution in [-0.2, 0) is 11.2 Å². The summed E-state index contributed by atoms with van der Waals surface area (Å²) in [6.07, 6.45) is 8.24. The highest BCUT2D eigenvalue weighted by Crippen LogP contribution is 2.31. The minimum atomic E-state index is -0.00889. The van der Waals surface area contributed by atoms with E-state index in [1.165, 1.54) is 0 Å². The summed E-state index contributed by atoms with van der Waals surface area (Å²) in [5.41, 5.74) is 1.12. The molecule has 1 N–H and O–H groups in total. The van der Waals surface area contributed by atoms with Crippen molar-refractivity contribution in [2.75, 3.05) is 19.6 Å². The molecule has 4 rings (SSSR count). The highest BCUT2D eigenvalue weighted by atomic mass is 16.3. The van der Waals surface area contributed by atoms with Crippen molar-refractivity contribution in [2.45, 2.75) is 57.0 Å². The van der Waals surface area contributed by atoms with E-state index in [0.29, 0.717) is 13.0 Å². The van der Waals surface area contributed by atoms with Crippen LogP contribution in [0.15, 0.2) is 16.7 Å². The highest BCUT2D eigenvalue weighted by molar-refractivity contribution is 5.79. The van der Waals surface area contributed by atoms with Gasteiger partial charge in [-0.2, -0.15) is 0 Å². The lowest BCUT2D eigenvalue weighted by Crippen LogP contribution is -2.53. The van der Waals surface area contributed by atoms with E-state index in [0.717, 1.165) is 62.9 Å². The average molecular weight is 331 g/mol. The number of nitrogens with zero attached hydrogens (tertiary/aromatic N) is 2. The number of furan rings is 1. The van der Waals surface area contributed by atoms with Crippen LogP contribution in [0.2, 0.25) is 0 Å². The minimum absolute atomic E-state index is 0.00889. The van der Waals surface area contributed by atoms with Gasteiger partial charge in [0.25, 0.3) is 0 Å². The van der Waals surface area contributed by atoms with Gasteiger partial charge in [-0.3, -0.25) is 4.79 Å². The Balaban J connectivity index is 1.39. The molecule has 0 spiro atoms. The molecule has 3 amide bonds. The monoisotopic (exact) mass is 331 g/mol. The summed E-state index contributed by atoms with van der Waals surface area (Å²) in [7, 11) is 0. The van der Waals surface area contributed by atoms with Crippen molar-refractivity contribution in [3.8, 4) is 0 Å². The number of fused-ring (bicyclic) bond motifs is 1. The SMILES string of the molecule is O=C(N[C@H]1CCCc2occc21)N1CCC[C@@H](N2CCCC2=O)C1. The van der Waals surface area contributed by atoms with Crippen LogP contribution >= 0.6 is 0 Å². The maximum atomic E-state index is 12.7. The van der Waals surface area contributed by atoms with Gasteiger partial charge in [0, 0.05) is 44.1 Å². The number of rotatable bonds is 2. The first-order chi connectivity index (χ1) is 11.7. The Morgan fingerprint density at radius 1 is 1.17 bits per heavy atom. The van der Waals surface area contributed by atoms with Crippen molar-refractivity contribution in [1.82, 2.24) is 15.1 Å². The second-order valence-corrected chi connectivity index (χ2v) is 7.13. The second-order valence-electron chi connectivity index (χ2n) is 7.13. The number of hydrogen-bond acceptors (Lipinski definition) is 3. The van der Waals surface area contributed by atoms with Crippen LogP contribution in [0.4, 0.5) is 4.79 Å². The molecule has 0 radical (unpaired) electrons. The molecule has 3 aliphatic rings. The zero-order valence-electron chi connectivity index (χ0n) is 14.0. The van der Waals surface area contributed by atoms with E-state index < -0.39 is 0 Å². The van der Waals surface area contributed by atoms with Gasteiger partial charge in [-0.05, 0) is 38.2 Å². The van der Waals surface area contributed by atoms with Gasteiger partial charge in [-0.15, -0.1) is 0 Å². The number of urea groups is 1. The summed E-state index contributed by atoms with van der Waals surface area (Å²) in [4.78, 5) is 28.6. The first-order valence-electron chi connectivity index (χ1n) is 9.13. The largest absolute Gasteiger partial charge is 0.469 e. The molecule has 2 saturated heterocycles. The summed E-state index contributed by atoms with van der Waals surface area (Å²) in [6.45, 7) is 2.28. The number of amides is 3. The Morgan fingerprint density at radius 2 is 2.08 bits per heavy atom. The lowest BCUT2D eigenvalue weighted by atomic mass is 9.93. The van der Waals surface area contributed by atoms with Crippen LogP contribution in [0.1, 0.15) is 55.9 Å². The van der Waals surface area contributed by atoms with E-state index in [9.17, 15) is 9.59 Å². The summed E-state index contributed by atoms with van der Waals surface area (Å²) >= 11 is 0. The maximum absolute atomic E-state index is 12.7. The Hall–Kier alpha value is -1.98. The molecule has 2 aliphatic heterocycles. The van der Waals surface area contributed by atoms with E-state index in [4.69, 9.17) is 4.42 Å². The van der Waals surface area contributed by atoms with Gasteiger partial charge in [0.1, 0.15) is 5.76 Å². The van der Waals surface area contributed by atoms with Gasteiger partial charge in [-0.25, -0.2) is 4.79 Å². The van der Waals surface area contributed by atoms with Gasteiger partial charge >= 0.3 is 6.03 Å². The van der Waals surface area contributed by atoms with Crippen LogP contribution in [0, 0.1) is 0 Å². The summed E-state index contributed by atoms with van der Waals surface area (Å²) in [6, 6.07) is 2.20. The van der Waals surface area contributed by atoms with Crippen molar-refractivity contribution < 1.29 is 14.0 Å². The third-order valence-corrected chi connectivity index (χ3v) is 5.58. The molecule has 6 heteroatoms. The number of carbonyl (C=O) groups is 2. The fourth-order valence-corrected chi connectivity index (χ4v) is 4.33. The summed E-state index contributed by atoms with van der Waals surface area (Å²) in [5, 5.41) is 3.18. The molecule has 0 unspecified atom stereocenters. The molecule has 130 valence electrons. The van der Waals surface area contributed by atoms with Crippen molar-refractivity contribution in [3.05, 3.63) is 23.7 Å². The van der Waals surface area contributed by atoms with E-state index in [1.54, 1.807) is 6.26 Å². The molecule has 24 heavy (non-hydrogen) atoms. The first-order valence-corrected chi connectivity index (χ1v) is 9.13. The molecule has 1 aromatic rings. The number of nitrogens with one attached hydrogen (secondary N) is 1. The number of piperidine rings is 1. The smallest absolute Gasteiger partial charge is 0.317 e. The third kappa shape index (κ3) is 2.89. The van der Waals surface area contributed by atoms with Gasteiger partial charge in [0.15, 0.2) is 0 Å².